The van der Waals surface area contributed by atoms with Gasteiger partial charge in [0.25, 0.3) is 0 Å². The highest BCUT2D eigenvalue weighted by Crippen LogP contribution is 2.37. The molecule has 0 aliphatic rings. The number of nitrogens with one attached hydrogen (secondary N) is 2. The third-order valence-corrected chi connectivity index (χ3v) is 7.41. The predicted octanol–water partition coefficient (Wildman–Crippen LogP) is 8.09. The van der Waals surface area contributed by atoms with Crippen molar-refractivity contribution in [2.45, 2.75) is 114 Å². The summed E-state index contributed by atoms with van der Waals surface area (Å²) in [6.45, 7) is 25.5. The lowest BCUT2D eigenvalue weighted by molar-refractivity contribution is -0.148. The molecule has 4 N–H and O–H groups in total. The molecule has 4 atom stereocenters. The van der Waals surface area contributed by atoms with Crippen molar-refractivity contribution >= 4 is 44.4 Å². The van der Waals surface area contributed by atoms with Gasteiger partial charge in [0.1, 0.15) is 18.0 Å². The maximum absolute atomic E-state index is 12.7. The number of hydrogen-bond acceptors (Lipinski definition) is 13. The van der Waals surface area contributed by atoms with Gasteiger partial charge in [0.05, 0.1) is 32.3 Å². The van der Waals surface area contributed by atoms with E-state index in [0.717, 1.165) is 13.0 Å². The van der Waals surface area contributed by atoms with E-state index in [9.17, 15) is 4.79 Å². The molecule has 1 aromatic carbocycles. The number of thiol groups is 1. The molecule has 0 radical (unpaired) electrons. The van der Waals surface area contributed by atoms with E-state index in [0.29, 0.717) is 48.4 Å². The first-order valence-corrected chi connectivity index (χ1v) is 18.8. The van der Waals surface area contributed by atoms with Crippen LogP contribution in [0.15, 0.2) is 36.7 Å². The van der Waals surface area contributed by atoms with Crippen LogP contribution in [0, 0.1) is 5.41 Å². The first-order valence-electron chi connectivity index (χ1n) is 17.2. The van der Waals surface area contributed by atoms with Gasteiger partial charge in [-0.3, -0.25) is 14.5 Å². The van der Waals surface area contributed by atoms with Crippen molar-refractivity contribution in [3.63, 3.8) is 0 Å². The average Bonchev–Trinajstić information content (AvgIpc) is 3.55. The van der Waals surface area contributed by atoms with Crippen LogP contribution in [0.25, 0.3) is 11.2 Å². The van der Waals surface area contributed by atoms with Crippen molar-refractivity contribution in [2.24, 2.45) is 10.6 Å². The van der Waals surface area contributed by atoms with Crippen LogP contribution in [0.5, 0.6) is 11.6 Å². The highest BCUT2D eigenvalue weighted by Gasteiger charge is 2.26. The van der Waals surface area contributed by atoms with Crippen LogP contribution in [0.4, 0.5) is 5.95 Å². The Labute approximate surface area is 301 Å². The Balaban J connectivity index is 0.00000363. The van der Waals surface area contributed by atoms with Gasteiger partial charge in [0.2, 0.25) is 11.8 Å². The van der Waals surface area contributed by atoms with Gasteiger partial charge >= 0.3 is 14.5 Å². The summed E-state index contributed by atoms with van der Waals surface area (Å²) in [6.07, 6.45) is 2.60. The minimum atomic E-state index is -1.70. The molecule has 15 heteroatoms. The van der Waals surface area contributed by atoms with Crippen LogP contribution in [0.2, 0.25) is 0 Å². The number of fused-ring (bicyclic) bond motifs is 1. The molecule has 0 aliphatic carbocycles. The van der Waals surface area contributed by atoms with Crippen LogP contribution in [-0.2, 0) is 18.8 Å². The van der Waals surface area contributed by atoms with E-state index in [1.54, 1.807) is 13.3 Å². The summed E-state index contributed by atoms with van der Waals surface area (Å²) in [7, 11) is -1.70. The van der Waals surface area contributed by atoms with Gasteiger partial charge in [0, 0.05) is 6.54 Å². The Kier molecular flexibility index (Phi) is 24.7. The van der Waals surface area contributed by atoms with Gasteiger partial charge in [0.15, 0.2) is 11.2 Å². The minimum Gasteiger partial charge on any atom is -0.476 e. The number of imidazole rings is 1. The first-order chi connectivity index (χ1) is 23.5. The van der Waals surface area contributed by atoms with Crippen molar-refractivity contribution in [1.82, 2.24) is 24.6 Å². The monoisotopic (exact) mass is 727 g/mol. The topological polar surface area (TPSA) is 157 Å². The third-order valence-electron chi connectivity index (χ3n) is 6.05. The van der Waals surface area contributed by atoms with E-state index < -0.39 is 20.8 Å². The number of esters is 1. The Hall–Kier alpha value is -2.74. The number of aromatic nitrogens is 4. The first kappa shape index (κ1) is 46.3. The fraction of sp³-hybridized carbons (Fsp3) is 0.647. The molecule has 0 aliphatic heterocycles. The largest absolute Gasteiger partial charge is 0.476 e. The van der Waals surface area contributed by atoms with Gasteiger partial charge < -0.3 is 28.6 Å². The highest BCUT2D eigenvalue weighted by atomic mass is 32.1. The van der Waals surface area contributed by atoms with Gasteiger partial charge in [-0.25, -0.2) is 10.1 Å². The molecule has 0 saturated heterocycles. The number of carbonyl (C=O) groups excluding carboxylic acids is 1. The Morgan fingerprint density at radius 3 is 2.27 bits per heavy atom. The summed E-state index contributed by atoms with van der Waals surface area (Å²) in [4.78, 5) is 26.4. The number of nitrogens with zero attached hydrogens (tertiary/aromatic N) is 4. The standard InChI is InChI=1S/C30H47N6O6P.2C2H6.H3NS/c1-9-17-31-29-33-26-25(27(34-29)38-11-3)32-20-36(26)22(5)41-23(10-2)18-40-43(42-24-15-13-12-14-16-24)35-21(4)28(37)39-19-30(6,7)8;3*1-2/h12-16,20-23,35H,9-11,17-19H2,1-8H3,(H,31,33,34);2*1-2H3;2H,1H2. The molecule has 0 spiro atoms. The van der Waals surface area contributed by atoms with Gasteiger partial charge in [-0.1, -0.05) is 80.5 Å². The predicted molar refractivity (Wildman–Crippen MR) is 204 cm³/mol. The van der Waals surface area contributed by atoms with Crippen LogP contribution in [0.3, 0.4) is 0 Å². The van der Waals surface area contributed by atoms with Crippen molar-refractivity contribution < 1.29 is 28.1 Å². The zero-order chi connectivity index (χ0) is 37.4. The van der Waals surface area contributed by atoms with Crippen LogP contribution >= 0.6 is 21.3 Å². The molecule has 49 heavy (non-hydrogen) atoms. The number of ether oxygens (including phenoxy) is 3. The van der Waals surface area contributed by atoms with Crippen molar-refractivity contribution in [1.29, 1.82) is 0 Å². The second-order valence-corrected chi connectivity index (χ2v) is 12.5. The SMILES string of the molecule is CC.CC.CCCNc1nc(OCC)c2ncn(C(C)OC(CC)COP(NC(C)C(=O)OCC(C)(C)C)Oc3ccccc3)c2n1.NS. The molecule has 2 heterocycles. The summed E-state index contributed by atoms with van der Waals surface area (Å²) >= 11 is 3.03. The van der Waals surface area contributed by atoms with E-state index in [1.165, 1.54) is 0 Å². The Morgan fingerprint density at radius 1 is 1.04 bits per heavy atom. The second kappa shape index (κ2) is 26.1. The van der Waals surface area contributed by atoms with Crippen LogP contribution in [-0.4, -0.2) is 64.0 Å². The summed E-state index contributed by atoms with van der Waals surface area (Å²) in [5, 5.41) is 10.6. The number of benzene rings is 1. The maximum Gasteiger partial charge on any atom is 0.323 e. The lowest BCUT2D eigenvalue weighted by Crippen LogP contribution is -2.35. The summed E-state index contributed by atoms with van der Waals surface area (Å²) in [5.41, 5.74) is 1.05. The highest BCUT2D eigenvalue weighted by molar-refractivity contribution is 7.77. The molecule has 0 fully saturated rings. The van der Waals surface area contributed by atoms with E-state index in [4.69, 9.17) is 23.3 Å². The van der Waals surface area contributed by atoms with E-state index in [-0.39, 0.29) is 24.1 Å². The lowest BCUT2D eigenvalue weighted by Gasteiger charge is -2.26. The zero-order valence-electron chi connectivity index (χ0n) is 31.6. The number of para-hydroxylation sites is 1. The second-order valence-electron chi connectivity index (χ2n) is 11.3. The molecule has 4 unspecified atom stereocenters. The molecule has 3 aromatic rings. The average molecular weight is 728 g/mol. The molecule has 0 saturated carbocycles. The number of hydrogen-bond donors (Lipinski definition) is 4. The van der Waals surface area contributed by atoms with E-state index in [1.807, 2.05) is 104 Å². The molecular formula is C34H62N7O6PS. The molecule has 3 rings (SSSR count). The van der Waals surface area contributed by atoms with Crippen molar-refractivity contribution in [3.8, 4) is 11.6 Å². The summed E-state index contributed by atoms with van der Waals surface area (Å²) in [6, 6.07) is 8.70. The van der Waals surface area contributed by atoms with Crippen LogP contribution in [0.1, 0.15) is 102 Å². The molecule has 2 aromatic heterocycles. The molecular weight excluding hydrogens is 665 g/mol. The van der Waals surface area contributed by atoms with Crippen LogP contribution < -0.4 is 24.8 Å². The molecule has 0 bridgehead atoms. The quantitative estimate of drug-likeness (QED) is 0.0568. The summed E-state index contributed by atoms with van der Waals surface area (Å²) < 4.78 is 31.8. The van der Waals surface area contributed by atoms with Gasteiger partial charge in [-0.05, 0) is 51.2 Å². The smallest absolute Gasteiger partial charge is 0.323 e. The van der Waals surface area contributed by atoms with Crippen molar-refractivity contribution in [2.75, 3.05) is 31.7 Å². The summed E-state index contributed by atoms with van der Waals surface area (Å²) in [5.74, 6) is 1.16. The molecule has 0 amide bonds. The van der Waals surface area contributed by atoms with E-state index >= 15 is 0 Å². The Bertz CT molecular complexity index is 1280. The van der Waals surface area contributed by atoms with E-state index in [2.05, 4.69) is 50.2 Å². The third kappa shape index (κ3) is 17.2. The van der Waals surface area contributed by atoms with Gasteiger partial charge in [-0.2, -0.15) is 9.97 Å². The molecule has 13 nitrogen and oxygen atoms in total. The molecule has 280 valence electrons. The number of rotatable bonds is 18. The number of nitrogens with two attached hydrogens (primary N) is 1. The fourth-order valence-corrected chi connectivity index (χ4v) is 4.97. The number of anilines is 1. The lowest BCUT2D eigenvalue weighted by atomic mass is 9.99. The Morgan fingerprint density at radius 2 is 1.69 bits per heavy atom. The zero-order valence-corrected chi connectivity index (χ0v) is 33.4. The maximum atomic E-state index is 12.7. The van der Waals surface area contributed by atoms with Gasteiger partial charge in [-0.15, -0.1) is 12.8 Å². The normalized spacial score (nSPS) is 13.2. The fourth-order valence-electron chi connectivity index (χ4n) is 3.75. The number of carbonyl (C=O) groups is 1. The van der Waals surface area contributed by atoms with Crippen molar-refractivity contribution in [3.05, 3.63) is 36.7 Å². The minimum absolute atomic E-state index is 0.135.